The number of anilines is 3. The van der Waals surface area contributed by atoms with Gasteiger partial charge >= 0.3 is 0 Å². The third-order valence-electron chi connectivity index (χ3n) is 2.90. The molecule has 0 aliphatic heterocycles. The average Bonchev–Trinajstić information content (AvgIpc) is 2.41. The molecule has 2 rings (SSSR count). The van der Waals surface area contributed by atoms with Crippen molar-refractivity contribution in [2.45, 2.75) is 6.92 Å². The zero-order valence-corrected chi connectivity index (χ0v) is 11.0. The van der Waals surface area contributed by atoms with E-state index >= 15 is 0 Å². The van der Waals surface area contributed by atoms with E-state index in [1.54, 1.807) is 24.3 Å². The van der Waals surface area contributed by atoms with Gasteiger partial charge in [-0.2, -0.15) is 0 Å². The van der Waals surface area contributed by atoms with Crippen molar-refractivity contribution in [3.8, 4) is 0 Å². The molecule has 0 spiro atoms. The van der Waals surface area contributed by atoms with Crippen LogP contribution < -0.4 is 16.4 Å². The van der Waals surface area contributed by atoms with Crippen molar-refractivity contribution >= 4 is 23.0 Å². The Balaban J connectivity index is 2.17. The predicted octanol–water partition coefficient (Wildman–Crippen LogP) is 2.87. The van der Waals surface area contributed by atoms with E-state index in [0.717, 1.165) is 11.3 Å². The lowest BCUT2D eigenvalue weighted by atomic mass is 10.1. The number of nitrogen functional groups attached to an aromatic ring is 1. The van der Waals surface area contributed by atoms with Gasteiger partial charge in [-0.1, -0.05) is 17.7 Å². The van der Waals surface area contributed by atoms with Crippen LogP contribution in [0.5, 0.6) is 0 Å². The summed E-state index contributed by atoms with van der Waals surface area (Å²) in [6.07, 6.45) is 0. The zero-order valence-electron chi connectivity index (χ0n) is 11.0. The van der Waals surface area contributed by atoms with Crippen molar-refractivity contribution < 1.29 is 4.79 Å². The molecule has 0 fully saturated rings. The molecule has 2 aromatic rings. The molecule has 0 aliphatic rings. The number of amides is 1. The van der Waals surface area contributed by atoms with Gasteiger partial charge in [-0.25, -0.2) is 0 Å². The first-order valence-electron chi connectivity index (χ1n) is 6.05. The van der Waals surface area contributed by atoms with E-state index in [-0.39, 0.29) is 5.91 Å². The minimum atomic E-state index is -0.163. The highest BCUT2D eigenvalue weighted by Crippen LogP contribution is 2.23. The Morgan fingerprint density at radius 3 is 2.37 bits per heavy atom. The molecule has 4 nitrogen and oxygen atoms in total. The van der Waals surface area contributed by atoms with Crippen molar-refractivity contribution in [2.75, 3.05) is 23.4 Å². The topological polar surface area (TPSA) is 67.1 Å². The van der Waals surface area contributed by atoms with Gasteiger partial charge in [0.15, 0.2) is 0 Å². The first kappa shape index (κ1) is 13.0. The van der Waals surface area contributed by atoms with Crippen LogP contribution in [0.15, 0.2) is 42.5 Å². The molecule has 0 aliphatic carbocycles. The van der Waals surface area contributed by atoms with E-state index in [2.05, 4.69) is 10.6 Å². The Morgan fingerprint density at radius 1 is 1.11 bits per heavy atom. The summed E-state index contributed by atoms with van der Waals surface area (Å²) in [6.45, 7) is 1.98. The van der Waals surface area contributed by atoms with Gasteiger partial charge in [-0.3, -0.25) is 4.79 Å². The van der Waals surface area contributed by atoms with Crippen LogP contribution >= 0.6 is 0 Å². The second kappa shape index (κ2) is 5.44. The molecule has 0 aromatic heterocycles. The molecule has 2 aromatic carbocycles. The second-order valence-electron chi connectivity index (χ2n) is 4.37. The molecular formula is C15H17N3O. The van der Waals surface area contributed by atoms with Gasteiger partial charge in [0.1, 0.15) is 0 Å². The van der Waals surface area contributed by atoms with Gasteiger partial charge < -0.3 is 16.4 Å². The number of nitrogens with one attached hydrogen (secondary N) is 2. The number of hydrogen-bond donors (Lipinski definition) is 3. The summed E-state index contributed by atoms with van der Waals surface area (Å²) in [7, 11) is 1.82. The highest BCUT2D eigenvalue weighted by atomic mass is 16.1. The smallest absolute Gasteiger partial charge is 0.255 e. The summed E-state index contributed by atoms with van der Waals surface area (Å²) in [6, 6.07) is 12.8. The van der Waals surface area contributed by atoms with Crippen molar-refractivity contribution in [1.82, 2.24) is 0 Å². The van der Waals surface area contributed by atoms with Crippen LogP contribution in [0, 0.1) is 6.92 Å². The van der Waals surface area contributed by atoms with Crippen molar-refractivity contribution in [3.63, 3.8) is 0 Å². The molecule has 0 saturated heterocycles. The minimum absolute atomic E-state index is 0.163. The van der Waals surface area contributed by atoms with E-state index < -0.39 is 0 Å². The van der Waals surface area contributed by atoms with Crippen LogP contribution in [0.1, 0.15) is 15.9 Å². The van der Waals surface area contributed by atoms with E-state index in [0.29, 0.717) is 16.9 Å². The molecule has 0 atom stereocenters. The number of carbonyl (C=O) groups excluding carboxylic acids is 1. The Kier molecular flexibility index (Phi) is 3.71. The molecule has 4 N–H and O–H groups in total. The molecule has 0 radical (unpaired) electrons. The lowest BCUT2D eigenvalue weighted by Crippen LogP contribution is -2.13. The number of hydrogen-bond acceptors (Lipinski definition) is 3. The summed E-state index contributed by atoms with van der Waals surface area (Å²) in [5.74, 6) is -0.163. The fraction of sp³-hybridized carbons (Fsp3) is 0.133. The predicted molar refractivity (Wildman–Crippen MR) is 79.5 cm³/mol. The van der Waals surface area contributed by atoms with Gasteiger partial charge in [0.25, 0.3) is 5.91 Å². The summed E-state index contributed by atoms with van der Waals surface area (Å²) >= 11 is 0. The maximum Gasteiger partial charge on any atom is 0.255 e. The highest BCUT2D eigenvalue weighted by Gasteiger charge is 2.08. The number of aryl methyl sites for hydroxylation is 1. The molecule has 0 unspecified atom stereocenters. The van der Waals surface area contributed by atoms with Gasteiger partial charge in [-0.15, -0.1) is 0 Å². The molecule has 0 heterocycles. The monoisotopic (exact) mass is 255 g/mol. The molecule has 0 saturated carbocycles. The van der Waals surface area contributed by atoms with Crippen LogP contribution in [0.3, 0.4) is 0 Å². The zero-order chi connectivity index (χ0) is 13.8. The first-order chi connectivity index (χ1) is 9.10. The fourth-order valence-corrected chi connectivity index (χ4v) is 1.73. The Bertz CT molecular complexity index is 591. The largest absolute Gasteiger partial charge is 0.397 e. The van der Waals surface area contributed by atoms with Crippen molar-refractivity contribution in [2.24, 2.45) is 0 Å². The maximum atomic E-state index is 12.0. The average molecular weight is 255 g/mol. The maximum absolute atomic E-state index is 12.0. The van der Waals surface area contributed by atoms with Crippen LogP contribution in [-0.4, -0.2) is 13.0 Å². The van der Waals surface area contributed by atoms with Crippen molar-refractivity contribution in [1.29, 1.82) is 0 Å². The van der Waals surface area contributed by atoms with Gasteiger partial charge in [0.05, 0.1) is 11.4 Å². The quantitative estimate of drug-likeness (QED) is 0.739. The van der Waals surface area contributed by atoms with Crippen molar-refractivity contribution in [3.05, 3.63) is 53.6 Å². The summed E-state index contributed by atoms with van der Waals surface area (Å²) in [5.41, 5.74) is 9.68. The molecule has 98 valence electrons. The molecule has 1 amide bonds. The van der Waals surface area contributed by atoms with Crippen LogP contribution in [-0.2, 0) is 0 Å². The second-order valence-corrected chi connectivity index (χ2v) is 4.37. The van der Waals surface area contributed by atoms with Crippen LogP contribution in [0.2, 0.25) is 0 Å². The third kappa shape index (κ3) is 3.04. The SMILES string of the molecule is CNc1ccc(NC(=O)c2ccc(C)cc2)c(N)c1. The van der Waals surface area contributed by atoms with E-state index in [4.69, 9.17) is 5.73 Å². The Hall–Kier alpha value is -2.49. The van der Waals surface area contributed by atoms with E-state index in [1.807, 2.05) is 32.2 Å². The fourth-order valence-electron chi connectivity index (χ4n) is 1.73. The van der Waals surface area contributed by atoms with Gasteiger partial charge in [0.2, 0.25) is 0 Å². The number of rotatable bonds is 3. The summed E-state index contributed by atoms with van der Waals surface area (Å²) < 4.78 is 0. The van der Waals surface area contributed by atoms with Gasteiger partial charge in [0, 0.05) is 18.3 Å². The molecule has 0 bridgehead atoms. The first-order valence-corrected chi connectivity index (χ1v) is 6.05. The lowest BCUT2D eigenvalue weighted by molar-refractivity contribution is 0.102. The standard InChI is InChI=1S/C15H17N3O/c1-10-3-5-11(6-4-10)15(19)18-14-8-7-12(17-2)9-13(14)16/h3-9,17H,16H2,1-2H3,(H,18,19). The Morgan fingerprint density at radius 2 is 1.79 bits per heavy atom. The minimum Gasteiger partial charge on any atom is -0.397 e. The lowest BCUT2D eigenvalue weighted by Gasteiger charge is -2.10. The van der Waals surface area contributed by atoms with Crippen LogP contribution in [0.4, 0.5) is 17.1 Å². The molecule has 4 heteroatoms. The van der Waals surface area contributed by atoms with Crippen LogP contribution in [0.25, 0.3) is 0 Å². The molecular weight excluding hydrogens is 238 g/mol. The highest BCUT2D eigenvalue weighted by molar-refractivity contribution is 6.05. The van der Waals surface area contributed by atoms with E-state index in [9.17, 15) is 4.79 Å². The number of carbonyl (C=O) groups is 1. The van der Waals surface area contributed by atoms with E-state index in [1.165, 1.54) is 0 Å². The Labute approximate surface area is 112 Å². The van der Waals surface area contributed by atoms with Gasteiger partial charge in [-0.05, 0) is 37.3 Å². The normalized spacial score (nSPS) is 10.0. The summed E-state index contributed by atoms with van der Waals surface area (Å²) in [4.78, 5) is 12.0. The number of nitrogens with two attached hydrogens (primary N) is 1. The third-order valence-corrected chi connectivity index (χ3v) is 2.90. The number of benzene rings is 2. The molecule has 19 heavy (non-hydrogen) atoms. The summed E-state index contributed by atoms with van der Waals surface area (Å²) in [5, 5.41) is 5.80.